The molecule has 0 aliphatic heterocycles. The van der Waals surface area contributed by atoms with Gasteiger partial charge in [0, 0.05) is 18.0 Å². The highest BCUT2D eigenvalue weighted by molar-refractivity contribution is 6.32. The van der Waals surface area contributed by atoms with Gasteiger partial charge in [-0.05, 0) is 59.2 Å². The number of nitrogens with zero attached hydrogens (tertiary/aromatic N) is 2. The maximum absolute atomic E-state index is 13.1. The average Bonchev–Trinajstić information content (AvgIpc) is 3.44. The summed E-state index contributed by atoms with van der Waals surface area (Å²) >= 11 is 6.09. The second kappa shape index (κ2) is 12.7. The zero-order valence-electron chi connectivity index (χ0n) is 21.9. The number of alkyl halides is 6. The second-order valence-corrected chi connectivity index (χ2v) is 9.35. The van der Waals surface area contributed by atoms with Crippen molar-refractivity contribution in [2.45, 2.75) is 12.4 Å². The molecule has 5 rings (SSSR count). The Bertz CT molecular complexity index is 1630. The van der Waals surface area contributed by atoms with Gasteiger partial charge in [0.05, 0.1) is 21.8 Å². The summed E-state index contributed by atoms with van der Waals surface area (Å²) in [6, 6.07) is 23.1. The number of aromatic nitrogens is 2. The van der Waals surface area contributed by atoms with Crippen LogP contribution >= 0.6 is 11.6 Å². The van der Waals surface area contributed by atoms with Gasteiger partial charge in [0.1, 0.15) is 19.5 Å². The Morgan fingerprint density at radius 2 is 1.31 bits per heavy atom. The van der Waals surface area contributed by atoms with Crippen molar-refractivity contribution in [3.05, 3.63) is 149 Å². The third-order valence-corrected chi connectivity index (χ3v) is 6.44. The van der Waals surface area contributed by atoms with Crippen LogP contribution < -0.4 is 0 Å². The van der Waals surface area contributed by atoms with Crippen LogP contribution in [-0.2, 0) is 12.4 Å². The maximum atomic E-state index is 13.1. The van der Waals surface area contributed by atoms with Crippen LogP contribution in [0.25, 0.3) is 22.6 Å². The Morgan fingerprint density at radius 1 is 0.738 bits per heavy atom. The Hall–Kier alpha value is -4.31. The third kappa shape index (κ3) is 7.30. The first-order valence-corrected chi connectivity index (χ1v) is 12.8. The molecule has 11 heteroatoms. The monoisotopic (exact) mass is 600 g/mol. The molecule has 1 heterocycles. The number of rotatable bonds is 4. The highest BCUT2D eigenvalue weighted by atomic mass is 35.5. The van der Waals surface area contributed by atoms with Gasteiger partial charge >= 0.3 is 12.4 Å². The summed E-state index contributed by atoms with van der Waals surface area (Å²) in [5, 5.41) is 0.357. The predicted octanol–water partition coefficient (Wildman–Crippen LogP) is 9.08. The summed E-state index contributed by atoms with van der Waals surface area (Å²) in [6.45, 7) is 0. The Balaban J connectivity index is 0.000000196. The van der Waals surface area contributed by atoms with Gasteiger partial charge in [0.15, 0.2) is 0 Å². The lowest BCUT2D eigenvalue weighted by atomic mass is 9.90. The van der Waals surface area contributed by atoms with E-state index in [2.05, 4.69) is 4.98 Å². The Labute approximate surface area is 243 Å². The topological polar surface area (TPSA) is 17.8 Å². The van der Waals surface area contributed by atoms with Crippen LogP contribution in [0, 0.1) is 5.82 Å². The molecule has 0 unspecified atom stereocenters. The standard InChI is InChI=1S/C16H11BF6.C15H10ClFN2/c17-9-14(10-3-1-5-12(7-10)15(18,19)20)11-4-2-6-13(8-11)16(21,22)23;16-13-10-12(17)6-7-14(13)19-9-8-18-15(19)11-4-2-1-3-5-11/h1-9H,17H2;1-10H. The van der Waals surface area contributed by atoms with E-state index in [9.17, 15) is 30.7 Å². The molecule has 214 valence electrons. The molecule has 0 radical (unpaired) electrons. The first-order valence-electron chi connectivity index (χ1n) is 12.4. The minimum absolute atomic E-state index is 0.210. The number of hydrogen-bond acceptors (Lipinski definition) is 1. The fourth-order valence-electron chi connectivity index (χ4n) is 4.20. The van der Waals surface area contributed by atoms with Gasteiger partial charge in [0.2, 0.25) is 0 Å². The Kier molecular flexibility index (Phi) is 9.26. The zero-order valence-corrected chi connectivity index (χ0v) is 22.6. The molecule has 5 aromatic rings. The highest BCUT2D eigenvalue weighted by Crippen LogP contribution is 2.35. The fraction of sp³-hybridized carbons (Fsp3) is 0.0645. The Morgan fingerprint density at radius 3 is 1.81 bits per heavy atom. The normalized spacial score (nSPS) is 11.4. The molecular weight excluding hydrogens is 580 g/mol. The largest absolute Gasteiger partial charge is 0.416 e. The quantitative estimate of drug-likeness (QED) is 0.149. The van der Waals surface area contributed by atoms with E-state index in [0.717, 1.165) is 35.7 Å². The zero-order chi connectivity index (χ0) is 30.5. The van der Waals surface area contributed by atoms with Crippen LogP contribution in [0.4, 0.5) is 30.7 Å². The molecule has 0 bridgehead atoms. The molecule has 0 N–H and O–H groups in total. The molecule has 0 atom stereocenters. The molecule has 0 aliphatic rings. The smallest absolute Gasteiger partial charge is 0.298 e. The van der Waals surface area contributed by atoms with Crippen molar-refractivity contribution >= 4 is 25.0 Å². The van der Waals surface area contributed by atoms with Crippen molar-refractivity contribution in [2.24, 2.45) is 0 Å². The van der Waals surface area contributed by atoms with Gasteiger partial charge in [-0.3, -0.25) is 4.57 Å². The average molecular weight is 601 g/mol. The van der Waals surface area contributed by atoms with E-state index in [1.807, 2.05) is 34.9 Å². The minimum Gasteiger partial charge on any atom is -0.298 e. The number of benzene rings is 4. The van der Waals surface area contributed by atoms with Crippen molar-refractivity contribution in [2.75, 3.05) is 0 Å². The summed E-state index contributed by atoms with van der Waals surface area (Å²) in [4.78, 5) is 4.34. The number of hydrogen-bond donors (Lipinski definition) is 0. The molecule has 2 nitrogen and oxygen atoms in total. The van der Waals surface area contributed by atoms with Gasteiger partial charge < -0.3 is 0 Å². The molecule has 4 aromatic carbocycles. The molecular formula is C31H21BClF7N2. The molecule has 1 aromatic heterocycles. The number of imidazole rings is 1. The van der Waals surface area contributed by atoms with Gasteiger partial charge in [-0.15, -0.1) is 5.98 Å². The molecule has 0 saturated heterocycles. The molecule has 0 fully saturated rings. The summed E-state index contributed by atoms with van der Waals surface area (Å²) in [5.41, 5.74) is 0.723. The second-order valence-electron chi connectivity index (χ2n) is 8.94. The summed E-state index contributed by atoms with van der Waals surface area (Å²) < 4.78 is 91.7. The third-order valence-electron chi connectivity index (χ3n) is 6.13. The lowest BCUT2D eigenvalue weighted by molar-refractivity contribution is -0.138. The number of halogens is 8. The van der Waals surface area contributed by atoms with E-state index in [-0.39, 0.29) is 16.9 Å². The lowest BCUT2D eigenvalue weighted by Gasteiger charge is -2.14. The van der Waals surface area contributed by atoms with Crippen LogP contribution in [0.3, 0.4) is 0 Å². The molecule has 0 amide bonds. The van der Waals surface area contributed by atoms with E-state index in [1.165, 1.54) is 42.4 Å². The van der Waals surface area contributed by atoms with E-state index in [0.29, 0.717) is 16.3 Å². The van der Waals surface area contributed by atoms with Crippen molar-refractivity contribution in [3.8, 4) is 17.1 Å². The van der Waals surface area contributed by atoms with E-state index in [4.69, 9.17) is 11.6 Å². The first-order chi connectivity index (χ1) is 19.9. The summed E-state index contributed by atoms with van der Waals surface area (Å²) in [6.07, 6.45) is -5.52. The minimum atomic E-state index is -4.51. The molecule has 42 heavy (non-hydrogen) atoms. The van der Waals surface area contributed by atoms with Crippen molar-refractivity contribution in [1.82, 2.24) is 9.55 Å². The van der Waals surface area contributed by atoms with E-state index < -0.39 is 23.5 Å². The van der Waals surface area contributed by atoms with Crippen LogP contribution in [0.1, 0.15) is 22.3 Å². The summed E-state index contributed by atoms with van der Waals surface area (Å²) in [5.74, 6) is 1.91. The lowest BCUT2D eigenvalue weighted by Crippen LogP contribution is -2.06. The maximum Gasteiger partial charge on any atom is 0.416 e. The van der Waals surface area contributed by atoms with Crippen molar-refractivity contribution in [1.29, 1.82) is 0 Å². The SMILES string of the molecule is BC=C(c1cccc(C(F)(F)F)c1)c1cccc(C(F)(F)F)c1.Fc1ccc(-n2ccnc2-c2ccccc2)c(Cl)c1. The molecule has 0 saturated carbocycles. The van der Waals surface area contributed by atoms with Gasteiger partial charge in [-0.1, -0.05) is 66.2 Å². The van der Waals surface area contributed by atoms with Crippen molar-refractivity contribution in [3.63, 3.8) is 0 Å². The van der Waals surface area contributed by atoms with Gasteiger partial charge in [0.25, 0.3) is 0 Å². The van der Waals surface area contributed by atoms with Crippen LogP contribution in [0.15, 0.2) is 115 Å². The summed E-state index contributed by atoms with van der Waals surface area (Å²) in [7, 11) is 1.57. The molecule has 0 aliphatic carbocycles. The molecule has 0 spiro atoms. The van der Waals surface area contributed by atoms with E-state index >= 15 is 0 Å². The first kappa shape index (κ1) is 30.6. The van der Waals surface area contributed by atoms with Crippen molar-refractivity contribution < 1.29 is 30.7 Å². The predicted molar refractivity (Wildman–Crippen MR) is 152 cm³/mol. The highest BCUT2D eigenvalue weighted by Gasteiger charge is 2.32. The van der Waals surface area contributed by atoms with Gasteiger partial charge in [-0.2, -0.15) is 26.3 Å². The van der Waals surface area contributed by atoms with E-state index in [1.54, 1.807) is 26.3 Å². The van der Waals surface area contributed by atoms with Crippen LogP contribution in [0.5, 0.6) is 0 Å². The fourth-order valence-corrected chi connectivity index (χ4v) is 4.46. The van der Waals surface area contributed by atoms with Crippen LogP contribution in [0.2, 0.25) is 5.02 Å². The van der Waals surface area contributed by atoms with Crippen LogP contribution in [-0.4, -0.2) is 17.4 Å². The van der Waals surface area contributed by atoms with Gasteiger partial charge in [-0.25, -0.2) is 9.37 Å².